The molecule has 1 heterocycles. The maximum Gasteiger partial charge on any atom is 0.337 e. The van der Waals surface area contributed by atoms with Gasteiger partial charge >= 0.3 is 5.97 Å². The van der Waals surface area contributed by atoms with Gasteiger partial charge in [-0.25, -0.2) is 9.18 Å². The zero-order valence-electron chi connectivity index (χ0n) is 19.4. The molecule has 0 spiro atoms. The van der Waals surface area contributed by atoms with Gasteiger partial charge in [0.05, 0.1) is 43.8 Å². The molecule has 0 saturated carbocycles. The van der Waals surface area contributed by atoms with Crippen LogP contribution in [0.25, 0.3) is 22.0 Å². The standard InChI is InChI=1S/C26H21Cl2FN2O4S/c1-26(2,3)18-9-6-14(13-20(18)29)31(36(34)35)21-11-10-19(27)23(28)22(21)15-7-8-17(25(32)33)24-16(15)5-4-12-30-24/h4-13H,1-3H3,(H,32,33)(H,34,35)/p-1. The van der Waals surface area contributed by atoms with Gasteiger partial charge in [0.2, 0.25) is 0 Å². The SMILES string of the molecule is CC(C)(C)c1ccc(N(c2ccc(Cl)c(Cl)c2-c2ccc(C(=O)O)c3ncccc23)S(=O)[O-])cc1F. The second-order valence-corrected chi connectivity index (χ2v) is 10.6. The van der Waals surface area contributed by atoms with Crippen LogP contribution in [0.15, 0.2) is 60.8 Å². The number of fused-ring (bicyclic) bond motifs is 1. The number of benzene rings is 3. The maximum atomic E-state index is 15.0. The van der Waals surface area contributed by atoms with Crippen LogP contribution >= 0.6 is 23.2 Å². The third-order valence-electron chi connectivity index (χ3n) is 5.71. The number of carbonyl (C=O) groups is 1. The van der Waals surface area contributed by atoms with Crippen LogP contribution in [0.4, 0.5) is 15.8 Å². The topological polar surface area (TPSA) is 93.6 Å². The number of aromatic nitrogens is 1. The van der Waals surface area contributed by atoms with E-state index in [0.29, 0.717) is 16.5 Å². The van der Waals surface area contributed by atoms with Crippen molar-refractivity contribution < 1.29 is 23.1 Å². The van der Waals surface area contributed by atoms with Crippen LogP contribution in [0.5, 0.6) is 0 Å². The Morgan fingerprint density at radius 2 is 1.83 bits per heavy atom. The summed E-state index contributed by atoms with van der Waals surface area (Å²) >= 11 is 10.1. The summed E-state index contributed by atoms with van der Waals surface area (Å²) in [7, 11) is 0. The number of aromatic carboxylic acids is 1. The van der Waals surface area contributed by atoms with Crippen molar-refractivity contribution >= 4 is 62.7 Å². The Hall–Kier alpha value is -3.04. The van der Waals surface area contributed by atoms with E-state index in [4.69, 9.17) is 23.2 Å². The number of halogens is 3. The van der Waals surface area contributed by atoms with Crippen LogP contribution in [0.1, 0.15) is 36.7 Å². The van der Waals surface area contributed by atoms with Crippen LogP contribution in [-0.2, 0) is 16.7 Å². The molecule has 0 aliphatic heterocycles. The van der Waals surface area contributed by atoms with E-state index in [2.05, 4.69) is 4.98 Å². The third-order valence-corrected chi connectivity index (χ3v) is 7.22. The van der Waals surface area contributed by atoms with Gasteiger partial charge in [-0.2, -0.15) is 0 Å². The number of nitrogens with zero attached hydrogens (tertiary/aromatic N) is 2. The van der Waals surface area contributed by atoms with Gasteiger partial charge in [0, 0.05) is 17.1 Å². The summed E-state index contributed by atoms with van der Waals surface area (Å²) in [5.41, 5.74) is 0.899. The van der Waals surface area contributed by atoms with Crippen LogP contribution < -0.4 is 4.31 Å². The number of carboxylic acids is 1. The monoisotopic (exact) mass is 545 g/mol. The Kier molecular flexibility index (Phi) is 7.07. The van der Waals surface area contributed by atoms with Gasteiger partial charge in [-0.3, -0.25) is 13.5 Å². The van der Waals surface area contributed by atoms with Crippen LogP contribution in [0.2, 0.25) is 10.0 Å². The first-order valence-corrected chi connectivity index (χ1v) is 12.5. The van der Waals surface area contributed by atoms with E-state index >= 15 is 4.39 Å². The van der Waals surface area contributed by atoms with Crippen LogP contribution in [0.3, 0.4) is 0 Å². The molecule has 0 saturated heterocycles. The van der Waals surface area contributed by atoms with E-state index in [9.17, 15) is 18.7 Å². The average Bonchev–Trinajstić information content (AvgIpc) is 2.80. The van der Waals surface area contributed by atoms with Crippen molar-refractivity contribution in [1.82, 2.24) is 4.98 Å². The molecule has 0 amide bonds. The number of hydrogen-bond acceptors (Lipinski definition) is 4. The van der Waals surface area contributed by atoms with Crippen molar-refractivity contribution in [2.24, 2.45) is 0 Å². The van der Waals surface area contributed by atoms with Gasteiger partial charge in [0.1, 0.15) is 5.82 Å². The van der Waals surface area contributed by atoms with Crippen molar-refractivity contribution in [3.05, 3.63) is 87.8 Å². The molecular formula is C26H20Cl2FN2O4S-. The quantitative estimate of drug-likeness (QED) is 0.266. The molecule has 4 rings (SSSR count). The lowest BCUT2D eigenvalue weighted by Gasteiger charge is -2.30. The van der Waals surface area contributed by atoms with Crippen molar-refractivity contribution in [1.29, 1.82) is 0 Å². The van der Waals surface area contributed by atoms with E-state index < -0.39 is 28.5 Å². The lowest BCUT2D eigenvalue weighted by molar-refractivity contribution is 0.0699. The summed E-state index contributed by atoms with van der Waals surface area (Å²) in [6.07, 6.45) is 1.46. The highest BCUT2D eigenvalue weighted by molar-refractivity contribution is 7.81. The summed E-state index contributed by atoms with van der Waals surface area (Å²) in [6, 6.07) is 13.3. The highest BCUT2D eigenvalue weighted by atomic mass is 35.5. The summed E-state index contributed by atoms with van der Waals surface area (Å²) in [6.45, 7) is 5.56. The molecule has 0 aliphatic carbocycles. The minimum Gasteiger partial charge on any atom is -0.755 e. The van der Waals surface area contributed by atoms with Crippen LogP contribution in [-0.4, -0.2) is 24.8 Å². The Balaban J connectivity index is 2.02. The summed E-state index contributed by atoms with van der Waals surface area (Å²) in [4.78, 5) is 16.0. The summed E-state index contributed by atoms with van der Waals surface area (Å²) in [5, 5.41) is 10.2. The number of carboxylic acid groups (broad SMARTS) is 1. The van der Waals surface area contributed by atoms with E-state index in [0.717, 1.165) is 10.4 Å². The van der Waals surface area contributed by atoms with Gasteiger partial charge in [-0.15, -0.1) is 0 Å². The van der Waals surface area contributed by atoms with Gasteiger partial charge in [0.25, 0.3) is 0 Å². The van der Waals surface area contributed by atoms with E-state index in [1.54, 1.807) is 18.2 Å². The van der Waals surface area contributed by atoms with Crippen molar-refractivity contribution in [3.63, 3.8) is 0 Å². The van der Waals surface area contributed by atoms with Crippen molar-refractivity contribution in [2.75, 3.05) is 4.31 Å². The number of hydrogen-bond donors (Lipinski definition) is 1. The van der Waals surface area contributed by atoms with Gasteiger partial charge in [-0.05, 0) is 52.9 Å². The van der Waals surface area contributed by atoms with Crippen LogP contribution in [0, 0.1) is 5.82 Å². The second-order valence-electron chi connectivity index (χ2n) is 9.05. The second kappa shape index (κ2) is 9.78. The Morgan fingerprint density at radius 1 is 1.11 bits per heavy atom. The molecule has 0 fully saturated rings. The fourth-order valence-corrected chi connectivity index (χ4v) is 5.09. The first-order valence-electron chi connectivity index (χ1n) is 10.7. The third kappa shape index (κ3) is 4.69. The summed E-state index contributed by atoms with van der Waals surface area (Å²) in [5.74, 6) is -1.73. The fourth-order valence-electron chi connectivity index (χ4n) is 4.07. The number of rotatable bonds is 5. The zero-order chi connectivity index (χ0) is 26.4. The van der Waals surface area contributed by atoms with Crippen molar-refractivity contribution in [3.8, 4) is 11.1 Å². The molecule has 3 aromatic carbocycles. The predicted octanol–water partition coefficient (Wildman–Crippen LogP) is 7.28. The first kappa shape index (κ1) is 26.0. The molecule has 0 aliphatic rings. The molecule has 4 aromatic rings. The highest BCUT2D eigenvalue weighted by Crippen LogP contribution is 2.46. The molecule has 0 bridgehead atoms. The molecule has 0 radical (unpaired) electrons. The molecule has 186 valence electrons. The van der Waals surface area contributed by atoms with Gasteiger partial charge < -0.3 is 9.66 Å². The lowest BCUT2D eigenvalue weighted by Crippen LogP contribution is -2.21. The lowest BCUT2D eigenvalue weighted by atomic mass is 9.86. The van der Waals surface area contributed by atoms with Gasteiger partial charge in [-0.1, -0.05) is 62.2 Å². The molecule has 1 atom stereocenters. The minimum atomic E-state index is -2.88. The Labute approximate surface area is 219 Å². The maximum absolute atomic E-state index is 15.0. The fraction of sp³-hybridized carbons (Fsp3) is 0.154. The smallest absolute Gasteiger partial charge is 0.337 e. The average molecular weight is 546 g/mol. The molecule has 1 aromatic heterocycles. The highest BCUT2D eigenvalue weighted by Gasteiger charge is 2.25. The summed E-state index contributed by atoms with van der Waals surface area (Å²) < 4.78 is 41.0. The van der Waals surface area contributed by atoms with E-state index in [-0.39, 0.29) is 38.1 Å². The zero-order valence-corrected chi connectivity index (χ0v) is 21.7. The van der Waals surface area contributed by atoms with E-state index in [1.807, 2.05) is 20.8 Å². The number of anilines is 2. The molecule has 1 unspecified atom stereocenters. The molecule has 6 nitrogen and oxygen atoms in total. The minimum absolute atomic E-state index is 0.0295. The largest absolute Gasteiger partial charge is 0.755 e. The molecular weight excluding hydrogens is 526 g/mol. The molecule has 36 heavy (non-hydrogen) atoms. The normalized spacial score (nSPS) is 12.5. The number of pyridine rings is 1. The van der Waals surface area contributed by atoms with E-state index in [1.165, 1.54) is 36.5 Å². The predicted molar refractivity (Wildman–Crippen MR) is 140 cm³/mol. The molecule has 1 N–H and O–H groups in total. The molecule has 10 heteroatoms. The first-order chi connectivity index (χ1) is 16.9. The Morgan fingerprint density at radius 3 is 2.44 bits per heavy atom. The van der Waals surface area contributed by atoms with Crippen molar-refractivity contribution in [2.45, 2.75) is 26.2 Å². The Bertz CT molecular complexity index is 1540. The van der Waals surface area contributed by atoms with Gasteiger partial charge in [0.15, 0.2) is 0 Å².